The molecule has 0 saturated carbocycles. The first-order valence-corrected chi connectivity index (χ1v) is 11.0. The molecule has 32 heavy (non-hydrogen) atoms. The average molecular weight is 434 g/mol. The Morgan fingerprint density at radius 2 is 1.88 bits per heavy atom. The van der Waals surface area contributed by atoms with Crippen LogP contribution in [0, 0.1) is 0 Å². The highest BCUT2D eigenvalue weighted by molar-refractivity contribution is 5.97. The predicted octanol–water partition coefficient (Wildman–Crippen LogP) is 3.28. The van der Waals surface area contributed by atoms with Gasteiger partial charge < -0.3 is 24.3 Å². The summed E-state index contributed by atoms with van der Waals surface area (Å²) in [6.45, 7) is 2.71. The number of hydrogen-bond acceptors (Lipinski definition) is 4. The average Bonchev–Trinajstić information content (AvgIpc) is 3.19. The first-order chi connectivity index (χ1) is 15.6. The van der Waals surface area contributed by atoms with Crippen molar-refractivity contribution in [2.45, 2.75) is 31.8 Å². The number of methoxy groups -OCH3 is 2. The molecule has 0 aliphatic carbocycles. The zero-order valence-corrected chi connectivity index (χ0v) is 18.6. The highest BCUT2D eigenvalue weighted by atomic mass is 16.5. The molecule has 7 nitrogen and oxygen atoms in total. The number of para-hydroxylation sites is 2. The number of rotatable bonds is 5. The van der Waals surface area contributed by atoms with Gasteiger partial charge in [-0.15, -0.1) is 0 Å². The molecular formula is C25H27N3O4. The van der Waals surface area contributed by atoms with E-state index in [9.17, 15) is 9.59 Å². The second-order valence-corrected chi connectivity index (χ2v) is 8.33. The Hall–Kier alpha value is -3.48. The second kappa shape index (κ2) is 7.89. The Bertz CT molecular complexity index is 1200. The van der Waals surface area contributed by atoms with Gasteiger partial charge in [0.1, 0.15) is 12.1 Å². The Morgan fingerprint density at radius 3 is 2.62 bits per heavy atom. The van der Waals surface area contributed by atoms with E-state index in [-0.39, 0.29) is 18.4 Å². The van der Waals surface area contributed by atoms with Gasteiger partial charge in [0.15, 0.2) is 11.5 Å². The van der Waals surface area contributed by atoms with Crippen molar-refractivity contribution in [3.8, 4) is 11.5 Å². The van der Waals surface area contributed by atoms with Gasteiger partial charge >= 0.3 is 0 Å². The van der Waals surface area contributed by atoms with Crippen LogP contribution in [0.5, 0.6) is 11.5 Å². The van der Waals surface area contributed by atoms with E-state index >= 15 is 0 Å². The molecule has 0 bridgehead atoms. The lowest BCUT2D eigenvalue weighted by molar-refractivity contribution is -0.158. The summed E-state index contributed by atoms with van der Waals surface area (Å²) in [6.07, 6.45) is 1.31. The van der Waals surface area contributed by atoms with Gasteiger partial charge in [0.2, 0.25) is 11.8 Å². The van der Waals surface area contributed by atoms with Gasteiger partial charge in [-0.05, 0) is 24.1 Å². The van der Waals surface area contributed by atoms with E-state index in [2.05, 4.69) is 11.1 Å². The van der Waals surface area contributed by atoms with Crippen LogP contribution in [0.25, 0.3) is 10.9 Å². The lowest BCUT2D eigenvalue weighted by Crippen LogP contribution is -2.63. The van der Waals surface area contributed by atoms with Crippen LogP contribution in [0.15, 0.2) is 42.5 Å². The number of benzene rings is 2. The van der Waals surface area contributed by atoms with Crippen molar-refractivity contribution in [3.05, 3.63) is 59.3 Å². The lowest BCUT2D eigenvalue weighted by atomic mass is 9.85. The van der Waals surface area contributed by atoms with Crippen LogP contribution in [-0.4, -0.2) is 59.9 Å². The third-order valence-corrected chi connectivity index (χ3v) is 6.56. The molecule has 7 heteroatoms. The van der Waals surface area contributed by atoms with Crippen molar-refractivity contribution in [2.24, 2.45) is 0 Å². The van der Waals surface area contributed by atoms with Crippen LogP contribution >= 0.6 is 0 Å². The maximum atomic E-state index is 13.5. The molecule has 1 aromatic heterocycles. The number of fused-ring (bicyclic) bond motifs is 4. The number of carbonyl (C=O) groups is 2. The van der Waals surface area contributed by atoms with Gasteiger partial charge in [-0.25, -0.2) is 0 Å². The molecule has 0 unspecified atom stereocenters. The fourth-order valence-corrected chi connectivity index (χ4v) is 5.23. The molecule has 166 valence electrons. The number of carbonyl (C=O) groups excluding carboxylic acids is 2. The van der Waals surface area contributed by atoms with Gasteiger partial charge in [-0.2, -0.15) is 0 Å². The van der Waals surface area contributed by atoms with E-state index in [0.717, 1.165) is 34.1 Å². The normalized spacial score (nSPS) is 20.3. The monoisotopic (exact) mass is 433 g/mol. The maximum Gasteiger partial charge on any atom is 0.246 e. The smallest absolute Gasteiger partial charge is 0.246 e. The lowest BCUT2D eigenvalue weighted by Gasteiger charge is -2.47. The second-order valence-electron chi connectivity index (χ2n) is 8.33. The summed E-state index contributed by atoms with van der Waals surface area (Å²) in [4.78, 5) is 33.9. The minimum absolute atomic E-state index is 0.00856. The van der Waals surface area contributed by atoms with Gasteiger partial charge in [0.05, 0.1) is 20.8 Å². The topological polar surface area (TPSA) is 74.9 Å². The quantitative estimate of drug-likeness (QED) is 0.670. The number of ether oxygens (including phenoxy) is 2. The van der Waals surface area contributed by atoms with Gasteiger partial charge in [0, 0.05) is 35.1 Å². The Balaban J connectivity index is 1.75. The molecule has 2 aromatic carbocycles. The van der Waals surface area contributed by atoms with Crippen molar-refractivity contribution in [3.63, 3.8) is 0 Å². The van der Waals surface area contributed by atoms with Gasteiger partial charge in [-0.3, -0.25) is 9.59 Å². The fourth-order valence-electron chi connectivity index (χ4n) is 5.23. The van der Waals surface area contributed by atoms with Crippen molar-refractivity contribution < 1.29 is 19.1 Å². The van der Waals surface area contributed by atoms with Gasteiger partial charge in [-0.1, -0.05) is 37.3 Å². The number of H-pyrrole nitrogens is 1. The SMILES string of the molecule is CCCN1CC(=O)N2[C@H](c3cccc(OC)c3OC)c3[nH]c4ccccc4c3C[C@H]2C1=O. The van der Waals surface area contributed by atoms with Crippen molar-refractivity contribution >= 4 is 22.7 Å². The summed E-state index contributed by atoms with van der Waals surface area (Å²) >= 11 is 0. The van der Waals surface area contributed by atoms with E-state index in [4.69, 9.17) is 9.47 Å². The van der Waals surface area contributed by atoms with Crippen LogP contribution in [-0.2, 0) is 16.0 Å². The summed E-state index contributed by atoms with van der Waals surface area (Å²) in [5.74, 6) is 1.12. The van der Waals surface area contributed by atoms with Crippen molar-refractivity contribution in [2.75, 3.05) is 27.3 Å². The van der Waals surface area contributed by atoms with E-state index in [1.807, 2.05) is 43.3 Å². The Kier molecular flexibility index (Phi) is 5.04. The summed E-state index contributed by atoms with van der Waals surface area (Å²) in [6, 6.07) is 12.7. The molecule has 2 aliphatic rings. The van der Waals surface area contributed by atoms with Crippen LogP contribution in [0.4, 0.5) is 0 Å². The summed E-state index contributed by atoms with van der Waals surface area (Å²) in [5.41, 5.74) is 3.80. The Labute approximate surface area is 186 Å². The number of aromatic amines is 1. The molecule has 1 N–H and O–H groups in total. The molecule has 5 rings (SSSR count). The molecule has 0 radical (unpaired) electrons. The first-order valence-electron chi connectivity index (χ1n) is 11.0. The number of hydrogen-bond donors (Lipinski definition) is 1. The van der Waals surface area contributed by atoms with E-state index in [0.29, 0.717) is 24.5 Å². The number of amides is 2. The third-order valence-electron chi connectivity index (χ3n) is 6.56. The van der Waals surface area contributed by atoms with E-state index < -0.39 is 12.1 Å². The number of nitrogens with one attached hydrogen (secondary N) is 1. The highest BCUT2D eigenvalue weighted by Gasteiger charge is 2.48. The van der Waals surface area contributed by atoms with E-state index in [1.54, 1.807) is 24.0 Å². The summed E-state index contributed by atoms with van der Waals surface area (Å²) in [5, 5.41) is 1.09. The predicted molar refractivity (Wildman–Crippen MR) is 121 cm³/mol. The zero-order chi connectivity index (χ0) is 22.4. The molecule has 1 saturated heterocycles. The fraction of sp³-hybridized carbons (Fsp3) is 0.360. The number of nitrogens with zero attached hydrogens (tertiary/aromatic N) is 2. The van der Waals surface area contributed by atoms with Crippen LogP contribution in [0.3, 0.4) is 0 Å². The van der Waals surface area contributed by atoms with Crippen molar-refractivity contribution in [1.29, 1.82) is 0 Å². The van der Waals surface area contributed by atoms with Crippen LogP contribution in [0.1, 0.15) is 36.2 Å². The molecule has 0 spiro atoms. The molecule has 3 heterocycles. The molecule has 2 aliphatic heterocycles. The molecule has 1 fully saturated rings. The Morgan fingerprint density at radius 1 is 1.06 bits per heavy atom. The summed E-state index contributed by atoms with van der Waals surface area (Å²) in [7, 11) is 3.19. The zero-order valence-electron chi connectivity index (χ0n) is 18.6. The maximum absolute atomic E-state index is 13.5. The third kappa shape index (κ3) is 2.95. The minimum Gasteiger partial charge on any atom is -0.493 e. The minimum atomic E-state index is -0.546. The first kappa shape index (κ1) is 20.4. The number of aromatic nitrogens is 1. The molecule has 2 atom stereocenters. The molecule has 2 amide bonds. The highest BCUT2D eigenvalue weighted by Crippen LogP contribution is 2.46. The standard InChI is InChI=1S/C25H27N3O4/c1-4-12-27-14-21(29)28-19(25(27)30)13-17-15-8-5-6-10-18(15)26-22(17)23(28)16-9-7-11-20(31-2)24(16)32-3/h5-11,19,23,26H,4,12-14H2,1-3H3/t19-,23+/m0/s1. The van der Waals surface area contributed by atoms with Crippen LogP contribution < -0.4 is 9.47 Å². The molecule has 3 aromatic rings. The molecular weight excluding hydrogens is 406 g/mol. The number of piperazine rings is 1. The van der Waals surface area contributed by atoms with E-state index in [1.165, 1.54) is 0 Å². The van der Waals surface area contributed by atoms with Gasteiger partial charge in [0.25, 0.3) is 0 Å². The largest absolute Gasteiger partial charge is 0.493 e. The summed E-state index contributed by atoms with van der Waals surface area (Å²) < 4.78 is 11.3. The van der Waals surface area contributed by atoms with Crippen molar-refractivity contribution in [1.82, 2.24) is 14.8 Å². The van der Waals surface area contributed by atoms with Crippen LogP contribution in [0.2, 0.25) is 0 Å².